The summed E-state index contributed by atoms with van der Waals surface area (Å²) in [5, 5.41) is 3.25. The first-order valence-corrected chi connectivity index (χ1v) is 7.36. The lowest BCUT2D eigenvalue weighted by molar-refractivity contribution is 0.0510. The van der Waals surface area contributed by atoms with Gasteiger partial charge in [0.05, 0.1) is 6.10 Å². The number of rotatable bonds is 11. The molecule has 1 N–H and O–H groups in total. The van der Waals surface area contributed by atoms with Gasteiger partial charge < -0.3 is 10.1 Å². The summed E-state index contributed by atoms with van der Waals surface area (Å²) >= 11 is 0. The number of methoxy groups -OCH3 is 1. The predicted octanol–water partition coefficient (Wildman–Crippen LogP) is 3.85. The molecule has 3 atom stereocenters. The van der Waals surface area contributed by atoms with Crippen molar-refractivity contribution in [2.45, 2.75) is 65.4 Å². The van der Waals surface area contributed by atoms with Crippen molar-refractivity contribution >= 4 is 0 Å². The van der Waals surface area contributed by atoms with Crippen LogP contribution in [0.25, 0.3) is 0 Å². The summed E-state index contributed by atoms with van der Waals surface area (Å²) in [6.45, 7) is 8.01. The van der Waals surface area contributed by atoms with E-state index in [1.165, 1.54) is 32.1 Å². The summed E-state index contributed by atoms with van der Waals surface area (Å²) in [7, 11) is 3.88. The average molecular weight is 243 g/mol. The molecule has 0 spiro atoms. The third kappa shape index (κ3) is 7.77. The summed E-state index contributed by atoms with van der Waals surface area (Å²) < 4.78 is 5.50. The number of hydrogen-bond acceptors (Lipinski definition) is 2. The third-order valence-corrected chi connectivity index (χ3v) is 3.99. The van der Waals surface area contributed by atoms with Crippen molar-refractivity contribution in [1.29, 1.82) is 0 Å². The summed E-state index contributed by atoms with van der Waals surface area (Å²) in [5.74, 6) is 1.60. The Labute approximate surface area is 109 Å². The lowest BCUT2D eigenvalue weighted by Gasteiger charge is -2.22. The zero-order chi connectivity index (χ0) is 13.1. The van der Waals surface area contributed by atoms with Gasteiger partial charge in [0.1, 0.15) is 0 Å². The number of nitrogens with one attached hydrogen (secondary N) is 1. The van der Waals surface area contributed by atoms with E-state index in [-0.39, 0.29) is 0 Å². The molecular weight excluding hydrogens is 210 g/mol. The molecule has 104 valence electrons. The van der Waals surface area contributed by atoms with E-state index in [2.05, 4.69) is 26.1 Å². The second-order valence-corrected chi connectivity index (χ2v) is 5.26. The first kappa shape index (κ1) is 16.9. The lowest BCUT2D eigenvalue weighted by Crippen LogP contribution is -2.19. The van der Waals surface area contributed by atoms with E-state index in [1.54, 1.807) is 0 Å². The Balaban J connectivity index is 3.71. The van der Waals surface area contributed by atoms with Gasteiger partial charge in [-0.1, -0.05) is 40.0 Å². The zero-order valence-corrected chi connectivity index (χ0v) is 12.6. The van der Waals surface area contributed by atoms with Crippen molar-refractivity contribution in [1.82, 2.24) is 5.32 Å². The van der Waals surface area contributed by atoms with E-state index in [0.29, 0.717) is 12.0 Å². The second kappa shape index (κ2) is 11.0. The van der Waals surface area contributed by atoms with Crippen LogP contribution in [-0.4, -0.2) is 26.8 Å². The molecule has 0 saturated heterocycles. The van der Waals surface area contributed by atoms with Crippen LogP contribution >= 0.6 is 0 Å². The molecule has 2 unspecified atom stereocenters. The normalized spacial score (nSPS) is 16.8. The Morgan fingerprint density at radius 2 is 1.76 bits per heavy atom. The van der Waals surface area contributed by atoms with Crippen LogP contribution in [0.5, 0.6) is 0 Å². The quantitative estimate of drug-likeness (QED) is 0.595. The van der Waals surface area contributed by atoms with Crippen LogP contribution in [0.2, 0.25) is 0 Å². The number of hydrogen-bond donors (Lipinski definition) is 1. The van der Waals surface area contributed by atoms with E-state index < -0.39 is 0 Å². The van der Waals surface area contributed by atoms with Gasteiger partial charge in [-0.3, -0.25) is 0 Å². The average Bonchev–Trinajstić information content (AvgIpc) is 2.35. The SMILES string of the molecule is CCC(CCCC(C)[C@@H](CC)OC)CCNC. The van der Waals surface area contributed by atoms with Crippen molar-refractivity contribution in [2.75, 3.05) is 20.7 Å². The molecule has 0 fully saturated rings. The van der Waals surface area contributed by atoms with Gasteiger partial charge >= 0.3 is 0 Å². The monoisotopic (exact) mass is 243 g/mol. The first-order chi connectivity index (χ1) is 8.19. The minimum absolute atomic E-state index is 0.451. The molecule has 0 aliphatic rings. The van der Waals surface area contributed by atoms with E-state index in [9.17, 15) is 0 Å². The molecule has 0 saturated carbocycles. The maximum atomic E-state index is 5.50. The van der Waals surface area contributed by atoms with Crippen molar-refractivity contribution in [3.8, 4) is 0 Å². The van der Waals surface area contributed by atoms with Crippen LogP contribution in [-0.2, 0) is 4.74 Å². The molecule has 0 amide bonds. The van der Waals surface area contributed by atoms with Gasteiger partial charge in [-0.2, -0.15) is 0 Å². The van der Waals surface area contributed by atoms with Crippen LogP contribution in [0.4, 0.5) is 0 Å². The minimum Gasteiger partial charge on any atom is -0.381 e. The molecule has 2 heteroatoms. The highest BCUT2D eigenvalue weighted by Gasteiger charge is 2.15. The molecule has 0 aromatic heterocycles. The zero-order valence-electron chi connectivity index (χ0n) is 12.6. The van der Waals surface area contributed by atoms with Crippen LogP contribution in [0.15, 0.2) is 0 Å². The molecule has 0 aliphatic heterocycles. The van der Waals surface area contributed by atoms with Crippen LogP contribution < -0.4 is 5.32 Å². The highest BCUT2D eigenvalue weighted by molar-refractivity contribution is 4.66. The maximum absolute atomic E-state index is 5.50. The van der Waals surface area contributed by atoms with Crippen LogP contribution in [0.1, 0.15) is 59.3 Å². The molecule has 0 rings (SSSR count). The van der Waals surface area contributed by atoms with Crippen LogP contribution in [0.3, 0.4) is 0 Å². The molecule has 2 nitrogen and oxygen atoms in total. The minimum atomic E-state index is 0.451. The van der Waals surface area contributed by atoms with Gasteiger partial charge in [0.2, 0.25) is 0 Å². The summed E-state index contributed by atoms with van der Waals surface area (Å²) in [5.41, 5.74) is 0. The van der Waals surface area contributed by atoms with Crippen molar-refractivity contribution < 1.29 is 4.74 Å². The summed E-state index contributed by atoms with van der Waals surface area (Å²) in [4.78, 5) is 0. The van der Waals surface area contributed by atoms with Gasteiger partial charge in [-0.15, -0.1) is 0 Å². The third-order valence-electron chi connectivity index (χ3n) is 3.99. The van der Waals surface area contributed by atoms with E-state index in [1.807, 2.05) is 14.2 Å². The smallest absolute Gasteiger partial charge is 0.0594 e. The largest absolute Gasteiger partial charge is 0.381 e. The molecule has 0 aromatic rings. The Bertz CT molecular complexity index is 157. The summed E-state index contributed by atoms with van der Waals surface area (Å²) in [6.07, 6.45) is 8.26. The molecule has 0 bridgehead atoms. The van der Waals surface area contributed by atoms with E-state index in [0.717, 1.165) is 18.9 Å². The topological polar surface area (TPSA) is 21.3 Å². The first-order valence-electron chi connectivity index (χ1n) is 7.36. The van der Waals surface area contributed by atoms with Crippen molar-refractivity contribution in [3.05, 3.63) is 0 Å². The standard InChI is InChI=1S/C15H33NO/c1-6-14(11-12-16-4)10-8-9-13(3)15(7-2)17-5/h13-16H,6-12H2,1-5H3/t13?,14?,15-/m1/s1. The molecule has 0 aromatic carbocycles. The lowest BCUT2D eigenvalue weighted by atomic mass is 9.90. The fourth-order valence-electron chi connectivity index (χ4n) is 2.62. The van der Waals surface area contributed by atoms with Gasteiger partial charge in [-0.25, -0.2) is 0 Å². The summed E-state index contributed by atoms with van der Waals surface area (Å²) in [6, 6.07) is 0. The van der Waals surface area contributed by atoms with Gasteiger partial charge in [0.25, 0.3) is 0 Å². The van der Waals surface area contributed by atoms with E-state index in [4.69, 9.17) is 4.74 Å². The van der Waals surface area contributed by atoms with Gasteiger partial charge in [-0.05, 0) is 44.7 Å². The fourth-order valence-corrected chi connectivity index (χ4v) is 2.62. The van der Waals surface area contributed by atoms with Crippen molar-refractivity contribution in [2.24, 2.45) is 11.8 Å². The highest BCUT2D eigenvalue weighted by atomic mass is 16.5. The Morgan fingerprint density at radius 1 is 1.06 bits per heavy atom. The van der Waals surface area contributed by atoms with Crippen LogP contribution in [0, 0.1) is 11.8 Å². The van der Waals surface area contributed by atoms with Gasteiger partial charge in [0.15, 0.2) is 0 Å². The molecule has 0 heterocycles. The Morgan fingerprint density at radius 3 is 2.24 bits per heavy atom. The maximum Gasteiger partial charge on any atom is 0.0594 e. The molecule has 17 heavy (non-hydrogen) atoms. The molecule has 0 radical (unpaired) electrons. The molecule has 0 aliphatic carbocycles. The predicted molar refractivity (Wildman–Crippen MR) is 76.4 cm³/mol. The van der Waals surface area contributed by atoms with E-state index >= 15 is 0 Å². The van der Waals surface area contributed by atoms with Gasteiger partial charge in [0, 0.05) is 7.11 Å². The Kier molecular flexibility index (Phi) is 11.0. The van der Waals surface area contributed by atoms with Crippen molar-refractivity contribution in [3.63, 3.8) is 0 Å². The molecular formula is C15H33NO. The highest BCUT2D eigenvalue weighted by Crippen LogP contribution is 2.21. The Hall–Kier alpha value is -0.0800. The second-order valence-electron chi connectivity index (χ2n) is 5.26. The number of ether oxygens (including phenoxy) is 1. The fraction of sp³-hybridized carbons (Fsp3) is 1.00.